The minimum atomic E-state index is -0.372. The fourth-order valence-corrected chi connectivity index (χ4v) is 3.53. The summed E-state index contributed by atoms with van der Waals surface area (Å²) in [4.78, 5) is 35.2. The van der Waals surface area contributed by atoms with Crippen LogP contribution in [0.15, 0.2) is 35.2 Å². The Labute approximate surface area is 155 Å². The van der Waals surface area contributed by atoms with E-state index >= 15 is 0 Å². The Kier molecular flexibility index (Phi) is 4.99. The monoisotopic (exact) mass is 370 g/mol. The number of benzene rings is 1. The van der Waals surface area contributed by atoms with Gasteiger partial charge in [0.05, 0.1) is 17.1 Å². The number of aromatic nitrogens is 1. The van der Waals surface area contributed by atoms with Gasteiger partial charge in [0.1, 0.15) is 0 Å². The average Bonchev–Trinajstić information content (AvgIpc) is 3.06. The highest BCUT2D eigenvalue weighted by Crippen LogP contribution is 2.29. The van der Waals surface area contributed by atoms with E-state index in [0.29, 0.717) is 17.1 Å². The van der Waals surface area contributed by atoms with Crippen LogP contribution in [0.4, 0.5) is 4.79 Å². The van der Waals surface area contributed by atoms with Crippen LogP contribution in [0, 0.1) is 13.8 Å². The molecule has 7 heteroatoms. The van der Waals surface area contributed by atoms with Gasteiger partial charge in [-0.25, -0.2) is 4.79 Å². The maximum atomic E-state index is 11.8. The third-order valence-electron chi connectivity index (χ3n) is 4.04. The maximum absolute atomic E-state index is 11.8. The van der Waals surface area contributed by atoms with Crippen LogP contribution in [0.5, 0.6) is 0 Å². The van der Waals surface area contributed by atoms with E-state index < -0.39 is 0 Å². The predicted octanol–water partition coefficient (Wildman–Crippen LogP) is 3.59. The van der Waals surface area contributed by atoms with Gasteiger partial charge in [0, 0.05) is 17.1 Å². The molecule has 2 heterocycles. The molecule has 2 aromatic rings. The van der Waals surface area contributed by atoms with Crippen LogP contribution in [0.25, 0.3) is 11.8 Å². The van der Waals surface area contributed by atoms with Gasteiger partial charge in [0.25, 0.3) is 11.1 Å². The van der Waals surface area contributed by atoms with Crippen molar-refractivity contribution in [1.82, 2.24) is 9.88 Å². The Bertz CT molecular complexity index is 926. The van der Waals surface area contributed by atoms with Gasteiger partial charge in [0.15, 0.2) is 0 Å². The molecular formula is C19H18N2O4S. The van der Waals surface area contributed by atoms with Crippen molar-refractivity contribution in [3.63, 3.8) is 0 Å². The standard InChI is InChI=1S/C19H18N2O4S/c1-4-25-18(23)13-5-7-15(8-6-13)21-11(2)9-14(12(21)3)10-16-17(22)20-19(24)26-16/h5-10H,4H2,1-3H3,(H,20,22,24)/b16-10+. The molecule has 26 heavy (non-hydrogen) atoms. The van der Waals surface area contributed by atoms with Crippen molar-refractivity contribution in [1.29, 1.82) is 0 Å². The van der Waals surface area contributed by atoms with Crippen LogP contribution in [-0.2, 0) is 9.53 Å². The lowest BCUT2D eigenvalue weighted by Crippen LogP contribution is -2.17. The molecule has 0 unspecified atom stereocenters. The van der Waals surface area contributed by atoms with Crippen LogP contribution < -0.4 is 5.32 Å². The molecule has 1 aromatic heterocycles. The Hall–Kier alpha value is -2.80. The molecule has 0 saturated carbocycles. The van der Waals surface area contributed by atoms with E-state index in [0.717, 1.165) is 34.4 Å². The average molecular weight is 370 g/mol. The molecule has 1 aliphatic rings. The highest BCUT2D eigenvalue weighted by Gasteiger charge is 2.25. The molecule has 1 fully saturated rings. The number of esters is 1. The molecule has 1 aliphatic heterocycles. The van der Waals surface area contributed by atoms with Gasteiger partial charge in [-0.2, -0.15) is 0 Å². The zero-order valence-corrected chi connectivity index (χ0v) is 15.5. The van der Waals surface area contributed by atoms with Crippen molar-refractivity contribution in [2.45, 2.75) is 20.8 Å². The Morgan fingerprint density at radius 3 is 2.50 bits per heavy atom. The number of hydrogen-bond donors (Lipinski definition) is 1. The summed E-state index contributed by atoms with van der Waals surface area (Å²) >= 11 is 0.899. The fourth-order valence-electron chi connectivity index (χ4n) is 2.85. The first-order valence-electron chi connectivity index (χ1n) is 8.12. The number of nitrogens with zero attached hydrogens (tertiary/aromatic N) is 1. The van der Waals surface area contributed by atoms with Crippen LogP contribution in [-0.4, -0.2) is 28.3 Å². The first-order chi connectivity index (χ1) is 12.4. The molecule has 0 radical (unpaired) electrons. The second-order valence-corrected chi connectivity index (χ2v) is 6.80. The number of imide groups is 1. The van der Waals surface area contributed by atoms with E-state index in [4.69, 9.17) is 4.74 Å². The van der Waals surface area contributed by atoms with Gasteiger partial charge in [-0.15, -0.1) is 0 Å². The topological polar surface area (TPSA) is 77.4 Å². The first kappa shape index (κ1) is 18.0. The molecule has 0 aliphatic carbocycles. The van der Waals surface area contributed by atoms with Crippen LogP contribution in [0.2, 0.25) is 0 Å². The van der Waals surface area contributed by atoms with Crippen molar-refractivity contribution >= 4 is 35.0 Å². The zero-order valence-electron chi connectivity index (χ0n) is 14.7. The summed E-state index contributed by atoms with van der Waals surface area (Å²) < 4.78 is 7.03. The summed E-state index contributed by atoms with van der Waals surface area (Å²) in [6.45, 7) is 6.01. The van der Waals surface area contributed by atoms with Gasteiger partial charge in [-0.1, -0.05) is 0 Å². The van der Waals surface area contributed by atoms with Crippen LogP contribution >= 0.6 is 11.8 Å². The number of aryl methyl sites for hydroxylation is 1. The smallest absolute Gasteiger partial charge is 0.338 e. The number of carbonyl (C=O) groups is 3. The fraction of sp³-hybridized carbons (Fsp3) is 0.211. The largest absolute Gasteiger partial charge is 0.462 e. The van der Waals surface area contributed by atoms with E-state index in [1.54, 1.807) is 25.1 Å². The highest BCUT2D eigenvalue weighted by molar-refractivity contribution is 8.18. The summed E-state index contributed by atoms with van der Waals surface area (Å²) in [5.41, 5.74) is 4.18. The minimum Gasteiger partial charge on any atom is -0.462 e. The van der Waals surface area contributed by atoms with Gasteiger partial charge in [-0.3, -0.25) is 14.9 Å². The number of amides is 2. The number of carbonyl (C=O) groups excluding carboxylic acids is 3. The van der Waals surface area contributed by atoms with Gasteiger partial charge < -0.3 is 9.30 Å². The number of thioether (sulfide) groups is 1. The minimum absolute atomic E-state index is 0.336. The second kappa shape index (κ2) is 7.21. The summed E-state index contributed by atoms with van der Waals surface area (Å²) in [6, 6.07) is 9.11. The van der Waals surface area contributed by atoms with Crippen molar-refractivity contribution in [3.05, 3.63) is 57.8 Å². The van der Waals surface area contributed by atoms with Crippen molar-refractivity contribution in [2.75, 3.05) is 6.61 Å². The lowest BCUT2D eigenvalue weighted by atomic mass is 10.2. The zero-order chi connectivity index (χ0) is 18.8. The third kappa shape index (κ3) is 3.43. The third-order valence-corrected chi connectivity index (χ3v) is 4.85. The van der Waals surface area contributed by atoms with E-state index in [9.17, 15) is 14.4 Å². The molecule has 1 aromatic carbocycles. The molecule has 2 amide bonds. The SMILES string of the molecule is CCOC(=O)c1ccc(-n2c(C)cc(/C=C3/SC(=O)NC3=O)c2C)cc1. The molecular weight excluding hydrogens is 352 g/mol. The molecule has 0 bridgehead atoms. The van der Waals surface area contributed by atoms with E-state index in [2.05, 4.69) is 5.32 Å². The van der Waals surface area contributed by atoms with E-state index in [1.165, 1.54) is 0 Å². The molecule has 6 nitrogen and oxygen atoms in total. The summed E-state index contributed by atoms with van der Waals surface area (Å²) in [5.74, 6) is -0.719. The number of hydrogen-bond acceptors (Lipinski definition) is 5. The molecule has 3 rings (SSSR count). The molecule has 0 atom stereocenters. The summed E-state index contributed by atoms with van der Waals surface area (Å²) in [5, 5.41) is 1.90. The number of ether oxygens (including phenoxy) is 1. The summed E-state index contributed by atoms with van der Waals surface area (Å²) in [7, 11) is 0. The number of nitrogens with one attached hydrogen (secondary N) is 1. The first-order valence-corrected chi connectivity index (χ1v) is 8.93. The Morgan fingerprint density at radius 1 is 1.23 bits per heavy atom. The molecule has 1 saturated heterocycles. The van der Waals surface area contributed by atoms with E-state index in [1.807, 2.05) is 36.6 Å². The van der Waals surface area contributed by atoms with Gasteiger partial charge >= 0.3 is 5.97 Å². The van der Waals surface area contributed by atoms with Gasteiger partial charge in [-0.05, 0) is 74.5 Å². The predicted molar refractivity (Wildman–Crippen MR) is 100 cm³/mol. The Morgan fingerprint density at radius 2 is 1.92 bits per heavy atom. The summed E-state index contributed by atoms with van der Waals surface area (Å²) in [6.07, 6.45) is 1.72. The van der Waals surface area contributed by atoms with Crippen LogP contribution in [0.3, 0.4) is 0 Å². The van der Waals surface area contributed by atoms with Crippen molar-refractivity contribution in [2.24, 2.45) is 0 Å². The van der Waals surface area contributed by atoms with Crippen molar-refractivity contribution in [3.8, 4) is 5.69 Å². The van der Waals surface area contributed by atoms with E-state index in [-0.39, 0.29) is 17.1 Å². The normalized spacial score (nSPS) is 15.4. The highest BCUT2D eigenvalue weighted by atomic mass is 32.2. The van der Waals surface area contributed by atoms with Gasteiger partial charge in [0.2, 0.25) is 0 Å². The Balaban J connectivity index is 1.93. The molecule has 0 spiro atoms. The molecule has 1 N–H and O–H groups in total. The maximum Gasteiger partial charge on any atom is 0.338 e. The van der Waals surface area contributed by atoms with Crippen molar-refractivity contribution < 1.29 is 19.1 Å². The lowest BCUT2D eigenvalue weighted by molar-refractivity contribution is -0.115. The quantitative estimate of drug-likeness (QED) is 0.657. The van der Waals surface area contributed by atoms with Crippen LogP contribution in [0.1, 0.15) is 34.2 Å². The molecule has 134 valence electrons. The number of rotatable bonds is 4. The second-order valence-electron chi connectivity index (χ2n) is 5.78. The lowest BCUT2D eigenvalue weighted by Gasteiger charge is -2.10.